The fraction of sp³-hybridized carbons (Fsp3) is 0.100. The molecule has 0 fully saturated rings. The van der Waals surface area contributed by atoms with Gasteiger partial charge < -0.3 is 0 Å². The van der Waals surface area contributed by atoms with Crippen LogP contribution in [-0.4, -0.2) is 14.6 Å². The van der Waals surface area contributed by atoms with E-state index in [4.69, 9.17) is 11.6 Å². The van der Waals surface area contributed by atoms with Gasteiger partial charge in [-0.3, -0.25) is 14.0 Å². The van der Waals surface area contributed by atoms with Gasteiger partial charge in [0.2, 0.25) is 0 Å². The lowest BCUT2D eigenvalue weighted by Gasteiger charge is -2.01. The third-order valence-electron chi connectivity index (χ3n) is 2.06. The smallest absolute Gasteiger partial charge is 0.270 e. The number of nitrogens with zero attached hydrogens (tertiary/aromatic N) is 2. The van der Waals surface area contributed by atoms with E-state index in [9.17, 15) is 9.59 Å². The van der Waals surface area contributed by atoms with Crippen molar-refractivity contribution >= 4 is 22.5 Å². The Morgan fingerprint density at radius 1 is 1.47 bits per heavy atom. The van der Waals surface area contributed by atoms with Crippen molar-refractivity contribution in [3.05, 3.63) is 46.0 Å². The van der Waals surface area contributed by atoms with Crippen molar-refractivity contribution in [2.45, 2.75) is 6.92 Å². The van der Waals surface area contributed by atoms with Crippen LogP contribution >= 0.6 is 11.6 Å². The molecule has 0 saturated carbocycles. The molecule has 0 spiro atoms. The average molecular weight is 223 g/mol. The van der Waals surface area contributed by atoms with Crippen LogP contribution in [0.3, 0.4) is 0 Å². The Balaban J connectivity index is 2.89. The molecule has 0 aliphatic rings. The lowest BCUT2D eigenvalue weighted by molar-refractivity contribution is 0.107. The molecule has 5 heteroatoms. The summed E-state index contributed by atoms with van der Waals surface area (Å²) in [6.45, 7) is 1.85. The van der Waals surface area contributed by atoms with Crippen molar-refractivity contribution in [3.8, 4) is 0 Å². The highest BCUT2D eigenvalue weighted by atomic mass is 35.5. The van der Waals surface area contributed by atoms with Gasteiger partial charge in [-0.2, -0.15) is 0 Å². The van der Waals surface area contributed by atoms with E-state index >= 15 is 0 Å². The second kappa shape index (κ2) is 3.47. The summed E-state index contributed by atoms with van der Waals surface area (Å²) >= 11 is 5.26. The van der Waals surface area contributed by atoms with Crippen LogP contribution in [-0.2, 0) is 0 Å². The Hall–Kier alpha value is -1.68. The Morgan fingerprint density at radius 2 is 2.20 bits per heavy atom. The summed E-state index contributed by atoms with van der Waals surface area (Å²) in [7, 11) is 0. The molecule has 0 unspecified atom stereocenters. The van der Waals surface area contributed by atoms with Crippen molar-refractivity contribution in [1.29, 1.82) is 0 Å². The fourth-order valence-corrected chi connectivity index (χ4v) is 1.45. The molecule has 2 rings (SSSR count). The summed E-state index contributed by atoms with van der Waals surface area (Å²) in [5.74, 6) is 0. The summed E-state index contributed by atoms with van der Waals surface area (Å²) in [4.78, 5) is 26.6. The number of aromatic nitrogens is 2. The third-order valence-corrected chi connectivity index (χ3v) is 2.27. The van der Waals surface area contributed by atoms with Gasteiger partial charge in [0.15, 0.2) is 0 Å². The second-order valence-corrected chi connectivity index (χ2v) is 3.53. The van der Waals surface area contributed by atoms with E-state index in [1.165, 1.54) is 10.6 Å². The van der Waals surface area contributed by atoms with Crippen LogP contribution in [0.4, 0.5) is 0 Å². The predicted octanol–water partition coefficient (Wildman–Crippen LogP) is 1.38. The first-order chi connectivity index (χ1) is 7.09. The summed E-state index contributed by atoms with van der Waals surface area (Å²) in [5.41, 5.74) is 0.848. The zero-order valence-electron chi connectivity index (χ0n) is 7.90. The lowest BCUT2D eigenvalue weighted by atomic mass is 10.3. The first-order valence-corrected chi connectivity index (χ1v) is 4.65. The minimum atomic E-state index is -0.789. The van der Waals surface area contributed by atoms with E-state index in [0.717, 1.165) is 5.56 Å². The molecule has 0 aromatic carbocycles. The molecule has 76 valence electrons. The number of halogens is 1. The molecule has 2 aromatic heterocycles. The van der Waals surface area contributed by atoms with E-state index in [1.807, 2.05) is 13.0 Å². The predicted molar refractivity (Wildman–Crippen MR) is 56.4 cm³/mol. The van der Waals surface area contributed by atoms with Gasteiger partial charge in [-0.15, -0.1) is 0 Å². The molecule has 4 nitrogen and oxygen atoms in total. The lowest BCUT2D eigenvalue weighted by Crippen LogP contribution is -2.21. The zero-order valence-corrected chi connectivity index (χ0v) is 8.65. The molecular weight excluding hydrogens is 216 g/mol. The monoisotopic (exact) mass is 222 g/mol. The van der Waals surface area contributed by atoms with Crippen LogP contribution < -0.4 is 5.56 Å². The van der Waals surface area contributed by atoms with E-state index in [0.29, 0.717) is 5.65 Å². The molecular formula is C10H7ClN2O2. The first-order valence-electron chi connectivity index (χ1n) is 4.27. The summed E-state index contributed by atoms with van der Waals surface area (Å²) in [6, 6.07) is 3.54. The minimum Gasteiger partial charge on any atom is -0.275 e. The molecule has 0 N–H and O–H groups in total. The normalized spacial score (nSPS) is 10.5. The zero-order chi connectivity index (χ0) is 11.0. The molecule has 2 heterocycles. The number of rotatable bonds is 1. The quantitative estimate of drug-likeness (QED) is 0.685. The SMILES string of the molecule is Cc1ccc2ncc(C(=O)Cl)c(=O)n2c1. The van der Waals surface area contributed by atoms with Gasteiger partial charge in [0.25, 0.3) is 10.8 Å². The fourth-order valence-electron chi connectivity index (χ4n) is 1.32. The van der Waals surface area contributed by atoms with E-state index in [2.05, 4.69) is 4.98 Å². The van der Waals surface area contributed by atoms with Gasteiger partial charge in [-0.25, -0.2) is 4.98 Å². The Morgan fingerprint density at radius 3 is 2.87 bits per heavy atom. The number of pyridine rings is 1. The molecule has 0 saturated heterocycles. The minimum absolute atomic E-state index is 0.111. The van der Waals surface area contributed by atoms with Crippen molar-refractivity contribution < 1.29 is 4.79 Å². The van der Waals surface area contributed by atoms with Crippen LogP contribution in [0.1, 0.15) is 15.9 Å². The van der Waals surface area contributed by atoms with Crippen LogP contribution in [0, 0.1) is 6.92 Å². The number of carbonyl (C=O) groups excluding carboxylic acids is 1. The number of hydrogen-bond donors (Lipinski definition) is 0. The largest absolute Gasteiger partial charge is 0.275 e. The molecule has 0 amide bonds. The van der Waals surface area contributed by atoms with Gasteiger partial charge in [-0.05, 0) is 30.2 Å². The van der Waals surface area contributed by atoms with Crippen LogP contribution in [0.5, 0.6) is 0 Å². The molecule has 0 atom stereocenters. The maximum atomic E-state index is 11.7. The number of hydrogen-bond acceptors (Lipinski definition) is 3. The topological polar surface area (TPSA) is 51.4 Å². The molecule has 0 bridgehead atoms. The van der Waals surface area contributed by atoms with Crippen molar-refractivity contribution in [2.24, 2.45) is 0 Å². The van der Waals surface area contributed by atoms with Gasteiger partial charge in [0.05, 0.1) is 0 Å². The average Bonchev–Trinajstić information content (AvgIpc) is 2.19. The molecule has 15 heavy (non-hydrogen) atoms. The number of fused-ring (bicyclic) bond motifs is 1. The van der Waals surface area contributed by atoms with Crippen LogP contribution in [0.25, 0.3) is 5.65 Å². The molecule has 0 radical (unpaired) electrons. The maximum Gasteiger partial charge on any atom is 0.270 e. The van der Waals surface area contributed by atoms with Gasteiger partial charge >= 0.3 is 0 Å². The van der Waals surface area contributed by atoms with Crippen molar-refractivity contribution in [2.75, 3.05) is 0 Å². The van der Waals surface area contributed by atoms with Gasteiger partial charge in [0, 0.05) is 12.4 Å². The molecule has 0 aliphatic heterocycles. The Kier molecular flexibility index (Phi) is 2.28. The highest BCUT2D eigenvalue weighted by molar-refractivity contribution is 6.67. The summed E-state index contributed by atoms with van der Waals surface area (Å²) < 4.78 is 1.31. The number of aryl methyl sites for hydroxylation is 1. The Labute approximate surface area is 90.1 Å². The summed E-state index contributed by atoms with van der Waals surface area (Å²) in [5, 5.41) is -0.789. The molecule has 2 aromatic rings. The summed E-state index contributed by atoms with van der Waals surface area (Å²) in [6.07, 6.45) is 2.82. The first kappa shape index (κ1) is 9.86. The van der Waals surface area contributed by atoms with E-state index < -0.39 is 10.8 Å². The Bertz CT molecular complexity index is 604. The third kappa shape index (κ3) is 1.64. The number of carbonyl (C=O) groups is 1. The highest BCUT2D eigenvalue weighted by Crippen LogP contribution is 2.02. The second-order valence-electron chi connectivity index (χ2n) is 3.19. The standard InChI is InChI=1S/C10H7ClN2O2/c1-6-2-3-8-12-4-7(9(11)14)10(15)13(8)5-6/h2-5H,1H3. The van der Waals surface area contributed by atoms with Crippen molar-refractivity contribution in [1.82, 2.24) is 9.38 Å². The van der Waals surface area contributed by atoms with Crippen molar-refractivity contribution in [3.63, 3.8) is 0 Å². The van der Waals surface area contributed by atoms with Gasteiger partial charge in [-0.1, -0.05) is 6.07 Å². The van der Waals surface area contributed by atoms with Crippen LogP contribution in [0.15, 0.2) is 29.3 Å². The van der Waals surface area contributed by atoms with Crippen LogP contribution in [0.2, 0.25) is 0 Å². The van der Waals surface area contributed by atoms with Gasteiger partial charge in [0.1, 0.15) is 11.2 Å². The highest BCUT2D eigenvalue weighted by Gasteiger charge is 2.10. The molecule has 0 aliphatic carbocycles. The van der Waals surface area contributed by atoms with E-state index in [1.54, 1.807) is 12.3 Å². The van der Waals surface area contributed by atoms with E-state index in [-0.39, 0.29) is 5.56 Å². The maximum absolute atomic E-state index is 11.7.